The van der Waals surface area contributed by atoms with Gasteiger partial charge in [-0.3, -0.25) is 4.99 Å². The van der Waals surface area contributed by atoms with Gasteiger partial charge in [0.1, 0.15) is 0 Å². The van der Waals surface area contributed by atoms with E-state index >= 15 is 0 Å². The van der Waals surface area contributed by atoms with Crippen LogP contribution in [0.1, 0.15) is 52.9 Å². The third kappa shape index (κ3) is 6.24. The molecule has 0 aromatic heterocycles. The number of nitrogens with zero attached hydrogens (tertiary/aromatic N) is 2. The maximum atomic E-state index is 5.75. The highest BCUT2D eigenvalue weighted by Crippen LogP contribution is 2.16. The number of hydrogen-bond donors (Lipinski definition) is 2. The lowest BCUT2D eigenvalue weighted by Crippen LogP contribution is -2.38. The second kappa shape index (κ2) is 8.35. The molecule has 106 valence electrons. The van der Waals surface area contributed by atoms with Gasteiger partial charge in [0.25, 0.3) is 0 Å². The van der Waals surface area contributed by atoms with Crippen LogP contribution in [0.15, 0.2) is 4.99 Å². The van der Waals surface area contributed by atoms with Gasteiger partial charge in [0.05, 0.1) is 0 Å². The van der Waals surface area contributed by atoms with Crippen molar-refractivity contribution in [2.24, 2.45) is 10.7 Å². The Labute approximate surface area is 112 Å². The summed E-state index contributed by atoms with van der Waals surface area (Å²) in [5.41, 5.74) is 5.75. The number of piperidine rings is 1. The maximum absolute atomic E-state index is 5.75. The van der Waals surface area contributed by atoms with Crippen LogP contribution in [-0.4, -0.2) is 42.6 Å². The molecule has 4 heteroatoms. The Morgan fingerprint density at radius 1 is 1.39 bits per heavy atom. The molecule has 0 saturated carbocycles. The number of nitrogens with one attached hydrogen (secondary N) is 1. The van der Waals surface area contributed by atoms with Crippen molar-refractivity contribution in [2.45, 2.75) is 65.0 Å². The summed E-state index contributed by atoms with van der Waals surface area (Å²) in [4.78, 5) is 6.94. The van der Waals surface area contributed by atoms with Gasteiger partial charge in [-0.25, -0.2) is 0 Å². The summed E-state index contributed by atoms with van der Waals surface area (Å²) in [6, 6.07) is 1.14. The van der Waals surface area contributed by atoms with Crippen molar-refractivity contribution in [1.82, 2.24) is 10.2 Å². The van der Waals surface area contributed by atoms with Crippen molar-refractivity contribution in [2.75, 3.05) is 19.6 Å². The van der Waals surface area contributed by atoms with Gasteiger partial charge in [-0.2, -0.15) is 0 Å². The van der Waals surface area contributed by atoms with Gasteiger partial charge in [0.2, 0.25) is 0 Å². The first-order valence-electron chi connectivity index (χ1n) is 7.40. The first kappa shape index (κ1) is 15.3. The molecular weight excluding hydrogens is 224 g/mol. The third-order valence-electron chi connectivity index (χ3n) is 3.51. The second-order valence-electron chi connectivity index (χ2n) is 5.65. The average molecular weight is 254 g/mol. The monoisotopic (exact) mass is 254 g/mol. The largest absolute Gasteiger partial charge is 0.370 e. The van der Waals surface area contributed by atoms with Gasteiger partial charge in [0, 0.05) is 18.6 Å². The van der Waals surface area contributed by atoms with Gasteiger partial charge < -0.3 is 16.0 Å². The van der Waals surface area contributed by atoms with Crippen LogP contribution in [0.3, 0.4) is 0 Å². The van der Waals surface area contributed by atoms with Gasteiger partial charge in [-0.15, -0.1) is 0 Å². The Morgan fingerprint density at radius 2 is 2.17 bits per heavy atom. The van der Waals surface area contributed by atoms with Crippen molar-refractivity contribution in [1.29, 1.82) is 0 Å². The van der Waals surface area contributed by atoms with E-state index in [0.717, 1.165) is 19.0 Å². The molecular formula is C14H30N4. The van der Waals surface area contributed by atoms with Crippen LogP contribution >= 0.6 is 0 Å². The number of unbranched alkanes of at least 4 members (excludes halogenated alkanes) is 1. The Hall–Kier alpha value is -0.770. The predicted octanol–water partition coefficient (Wildman–Crippen LogP) is 1.95. The fraction of sp³-hybridized carbons (Fsp3) is 0.929. The summed E-state index contributed by atoms with van der Waals surface area (Å²) in [6.07, 6.45) is 6.49. The van der Waals surface area contributed by atoms with E-state index in [1.165, 1.54) is 38.8 Å². The Morgan fingerprint density at radius 3 is 2.83 bits per heavy atom. The number of nitrogens with two attached hydrogens (primary N) is 1. The summed E-state index contributed by atoms with van der Waals surface area (Å²) in [7, 11) is 0. The van der Waals surface area contributed by atoms with E-state index in [0.29, 0.717) is 12.0 Å². The number of likely N-dealkylation sites (tertiary alicyclic amines) is 1. The molecule has 1 fully saturated rings. The van der Waals surface area contributed by atoms with Crippen LogP contribution in [0.25, 0.3) is 0 Å². The highest BCUT2D eigenvalue weighted by Gasteiger charge is 2.16. The molecule has 0 spiro atoms. The van der Waals surface area contributed by atoms with E-state index < -0.39 is 0 Å². The highest BCUT2D eigenvalue weighted by atomic mass is 15.2. The molecule has 0 aliphatic carbocycles. The van der Waals surface area contributed by atoms with E-state index in [4.69, 9.17) is 5.73 Å². The molecule has 1 unspecified atom stereocenters. The fourth-order valence-corrected chi connectivity index (χ4v) is 2.46. The smallest absolute Gasteiger partial charge is 0.188 e. The fourth-order valence-electron chi connectivity index (χ4n) is 2.46. The summed E-state index contributed by atoms with van der Waals surface area (Å²) < 4.78 is 0. The molecule has 18 heavy (non-hydrogen) atoms. The van der Waals surface area contributed by atoms with Crippen LogP contribution in [0.4, 0.5) is 0 Å². The molecule has 1 aliphatic rings. The maximum Gasteiger partial charge on any atom is 0.188 e. The first-order chi connectivity index (χ1) is 8.59. The standard InChI is InChI=1S/C14H30N4/c1-12(2)17-14(15)16-9-5-7-11-18-10-6-4-8-13(18)3/h12-13H,4-11H2,1-3H3,(H3,15,16,17). The van der Waals surface area contributed by atoms with Crippen LogP contribution < -0.4 is 11.1 Å². The van der Waals surface area contributed by atoms with E-state index in [2.05, 4.69) is 36.0 Å². The van der Waals surface area contributed by atoms with Gasteiger partial charge >= 0.3 is 0 Å². The first-order valence-corrected chi connectivity index (χ1v) is 7.40. The van der Waals surface area contributed by atoms with Crippen LogP contribution in [0.2, 0.25) is 0 Å². The number of rotatable bonds is 6. The Bertz CT molecular complexity index is 250. The molecule has 1 heterocycles. The Kier molecular flexibility index (Phi) is 7.09. The summed E-state index contributed by atoms with van der Waals surface area (Å²) in [5.74, 6) is 0.580. The molecule has 1 saturated heterocycles. The molecule has 3 N–H and O–H groups in total. The molecule has 1 aliphatic heterocycles. The molecule has 1 atom stereocenters. The zero-order valence-electron chi connectivity index (χ0n) is 12.3. The van der Waals surface area contributed by atoms with Crippen LogP contribution in [-0.2, 0) is 0 Å². The number of aliphatic imine (C=N–C) groups is 1. The SMILES string of the molecule is CC(C)NC(N)=NCCCCN1CCCCC1C. The molecule has 4 nitrogen and oxygen atoms in total. The number of hydrogen-bond acceptors (Lipinski definition) is 2. The zero-order chi connectivity index (χ0) is 13.4. The lowest BCUT2D eigenvalue weighted by atomic mass is 10.0. The zero-order valence-corrected chi connectivity index (χ0v) is 12.3. The average Bonchev–Trinajstić information content (AvgIpc) is 2.30. The van der Waals surface area contributed by atoms with Gasteiger partial charge in [-0.05, 0) is 59.5 Å². The van der Waals surface area contributed by atoms with Crippen LogP contribution in [0.5, 0.6) is 0 Å². The second-order valence-corrected chi connectivity index (χ2v) is 5.65. The quantitative estimate of drug-likeness (QED) is 0.433. The van der Waals surface area contributed by atoms with E-state index in [1.807, 2.05) is 0 Å². The molecule has 1 rings (SSSR count). The predicted molar refractivity (Wildman–Crippen MR) is 78.9 cm³/mol. The Balaban J connectivity index is 2.07. The lowest BCUT2D eigenvalue weighted by Gasteiger charge is -2.33. The van der Waals surface area contributed by atoms with Crippen molar-refractivity contribution in [3.8, 4) is 0 Å². The highest BCUT2D eigenvalue weighted by molar-refractivity contribution is 5.77. The van der Waals surface area contributed by atoms with Crippen molar-refractivity contribution in [3.63, 3.8) is 0 Å². The van der Waals surface area contributed by atoms with E-state index in [-0.39, 0.29) is 0 Å². The third-order valence-corrected chi connectivity index (χ3v) is 3.51. The van der Waals surface area contributed by atoms with E-state index in [1.54, 1.807) is 0 Å². The molecule has 0 amide bonds. The van der Waals surface area contributed by atoms with Crippen LogP contribution in [0, 0.1) is 0 Å². The molecule has 0 radical (unpaired) electrons. The number of guanidine groups is 1. The van der Waals surface area contributed by atoms with Crippen molar-refractivity contribution in [3.05, 3.63) is 0 Å². The minimum absolute atomic E-state index is 0.364. The molecule has 0 aromatic carbocycles. The summed E-state index contributed by atoms with van der Waals surface area (Å²) in [5, 5.41) is 3.11. The normalized spacial score (nSPS) is 22.4. The minimum atomic E-state index is 0.364. The van der Waals surface area contributed by atoms with Gasteiger partial charge in [-0.1, -0.05) is 6.42 Å². The van der Waals surface area contributed by atoms with E-state index in [9.17, 15) is 0 Å². The topological polar surface area (TPSA) is 53.6 Å². The molecule has 0 bridgehead atoms. The van der Waals surface area contributed by atoms with Crippen molar-refractivity contribution >= 4 is 5.96 Å². The molecule has 0 aromatic rings. The minimum Gasteiger partial charge on any atom is -0.370 e. The van der Waals surface area contributed by atoms with Gasteiger partial charge in [0.15, 0.2) is 5.96 Å². The lowest BCUT2D eigenvalue weighted by molar-refractivity contribution is 0.158. The summed E-state index contributed by atoms with van der Waals surface area (Å²) >= 11 is 0. The van der Waals surface area contributed by atoms with Crippen molar-refractivity contribution < 1.29 is 0 Å². The summed E-state index contributed by atoms with van der Waals surface area (Å²) in [6.45, 7) is 9.82.